The summed E-state index contributed by atoms with van der Waals surface area (Å²) >= 11 is 6.23. The van der Waals surface area contributed by atoms with E-state index >= 15 is 0 Å². The SMILES string of the molecule is CCC[C@H](NC(=O)[C@@H]1C[C@]2(CC(c3cccc(Cl)c3)=NO2)CN1C(=O)[C@@H](NC(=O)OC1CCOCC1)C(C)(C)C)C(=O)C(=O)NC1CC1. The van der Waals surface area contributed by atoms with E-state index in [9.17, 15) is 24.0 Å². The molecule has 3 heterocycles. The molecule has 4 aliphatic rings. The van der Waals surface area contributed by atoms with Crippen molar-refractivity contribution in [3.8, 4) is 0 Å². The van der Waals surface area contributed by atoms with E-state index in [0.29, 0.717) is 49.6 Å². The number of hydrogen-bond donors (Lipinski definition) is 3. The van der Waals surface area contributed by atoms with Crippen molar-refractivity contribution in [3.63, 3.8) is 0 Å². The van der Waals surface area contributed by atoms with Gasteiger partial charge in [0.05, 0.1) is 31.5 Å². The van der Waals surface area contributed by atoms with Crippen LogP contribution in [-0.4, -0.2) is 95.8 Å². The number of hydrogen-bond acceptors (Lipinski definition) is 9. The van der Waals surface area contributed by atoms with Gasteiger partial charge in [-0.2, -0.15) is 0 Å². The summed E-state index contributed by atoms with van der Waals surface area (Å²) in [6.07, 6.45) is 2.83. The number of nitrogens with zero attached hydrogens (tertiary/aromatic N) is 2. The van der Waals surface area contributed by atoms with Crippen LogP contribution < -0.4 is 16.0 Å². The molecule has 48 heavy (non-hydrogen) atoms. The maximum atomic E-state index is 14.5. The van der Waals surface area contributed by atoms with Gasteiger partial charge in [0.1, 0.15) is 18.2 Å². The summed E-state index contributed by atoms with van der Waals surface area (Å²) in [7, 11) is 0. The van der Waals surface area contributed by atoms with Crippen LogP contribution in [0.25, 0.3) is 0 Å². The zero-order chi connectivity index (χ0) is 34.6. The average molecular weight is 688 g/mol. The van der Waals surface area contributed by atoms with Gasteiger partial charge in [-0.05, 0) is 36.8 Å². The summed E-state index contributed by atoms with van der Waals surface area (Å²) in [5, 5.41) is 13.1. The van der Waals surface area contributed by atoms with E-state index in [-0.39, 0.29) is 31.5 Å². The van der Waals surface area contributed by atoms with Crippen LogP contribution >= 0.6 is 11.6 Å². The second kappa shape index (κ2) is 14.8. The Kier molecular flexibility index (Phi) is 11.0. The van der Waals surface area contributed by atoms with E-state index in [1.54, 1.807) is 18.2 Å². The van der Waals surface area contributed by atoms with Crippen molar-refractivity contribution >= 4 is 46.9 Å². The average Bonchev–Trinajstić information content (AvgIpc) is 3.63. The molecule has 1 saturated carbocycles. The predicted molar refractivity (Wildman–Crippen MR) is 176 cm³/mol. The maximum absolute atomic E-state index is 14.5. The minimum Gasteiger partial charge on any atom is -0.446 e. The van der Waals surface area contributed by atoms with Gasteiger partial charge in [-0.25, -0.2) is 4.79 Å². The Morgan fingerprint density at radius 3 is 2.48 bits per heavy atom. The van der Waals surface area contributed by atoms with E-state index in [1.807, 2.05) is 33.8 Å². The molecule has 2 saturated heterocycles. The van der Waals surface area contributed by atoms with Crippen LogP contribution in [0, 0.1) is 5.41 Å². The fraction of sp³-hybridized carbons (Fsp3) is 0.647. The van der Waals surface area contributed by atoms with Gasteiger partial charge in [0.2, 0.25) is 17.6 Å². The summed E-state index contributed by atoms with van der Waals surface area (Å²) < 4.78 is 11.0. The zero-order valence-electron chi connectivity index (χ0n) is 28.0. The minimum absolute atomic E-state index is 0.00465. The molecule has 5 rings (SSSR count). The van der Waals surface area contributed by atoms with Crippen LogP contribution in [0.1, 0.15) is 84.6 Å². The van der Waals surface area contributed by atoms with E-state index in [0.717, 1.165) is 18.4 Å². The van der Waals surface area contributed by atoms with Gasteiger partial charge in [0.15, 0.2) is 5.60 Å². The predicted octanol–water partition coefficient (Wildman–Crippen LogP) is 3.26. The molecule has 1 aromatic carbocycles. The number of nitrogens with one attached hydrogen (secondary N) is 3. The normalized spacial score (nSPS) is 23.9. The molecule has 1 aliphatic carbocycles. The van der Waals surface area contributed by atoms with Crippen molar-refractivity contribution < 1.29 is 38.3 Å². The van der Waals surface area contributed by atoms with Crippen molar-refractivity contribution in [3.05, 3.63) is 34.9 Å². The van der Waals surface area contributed by atoms with Crippen molar-refractivity contribution in [1.29, 1.82) is 0 Å². The van der Waals surface area contributed by atoms with Gasteiger partial charge in [-0.3, -0.25) is 19.2 Å². The number of alkyl carbamates (subject to hydrolysis) is 1. The third kappa shape index (κ3) is 8.65. The Morgan fingerprint density at radius 1 is 1.10 bits per heavy atom. The number of rotatable bonds is 11. The van der Waals surface area contributed by atoms with Gasteiger partial charge in [0, 0.05) is 42.3 Å². The molecule has 0 unspecified atom stereocenters. The molecule has 4 amide bonds. The lowest BCUT2D eigenvalue weighted by atomic mass is 9.85. The molecule has 13 nitrogen and oxygen atoms in total. The van der Waals surface area contributed by atoms with Gasteiger partial charge in [0.25, 0.3) is 5.91 Å². The third-order valence-electron chi connectivity index (χ3n) is 9.15. The smallest absolute Gasteiger partial charge is 0.408 e. The Labute approximate surface area is 285 Å². The summed E-state index contributed by atoms with van der Waals surface area (Å²) in [5.41, 5.74) is -0.449. The van der Waals surface area contributed by atoms with Crippen LogP contribution in [0.3, 0.4) is 0 Å². The van der Waals surface area contributed by atoms with Crippen molar-refractivity contribution in [2.75, 3.05) is 19.8 Å². The largest absolute Gasteiger partial charge is 0.446 e. The van der Waals surface area contributed by atoms with Crippen LogP contribution in [0.5, 0.6) is 0 Å². The molecule has 3 aliphatic heterocycles. The number of amides is 4. The van der Waals surface area contributed by atoms with Crippen molar-refractivity contribution in [2.45, 2.75) is 115 Å². The number of ether oxygens (including phenoxy) is 2. The molecule has 0 bridgehead atoms. The summed E-state index contributed by atoms with van der Waals surface area (Å²) in [5.74, 6) is -2.56. The van der Waals surface area contributed by atoms with Crippen LogP contribution in [-0.2, 0) is 33.5 Å². The lowest BCUT2D eigenvalue weighted by molar-refractivity contribution is -0.144. The Morgan fingerprint density at radius 2 is 1.83 bits per heavy atom. The first-order valence-electron chi connectivity index (χ1n) is 16.8. The van der Waals surface area contributed by atoms with Crippen LogP contribution in [0.15, 0.2) is 29.4 Å². The monoisotopic (exact) mass is 687 g/mol. The topological polar surface area (TPSA) is 165 Å². The Balaban J connectivity index is 1.38. The number of likely N-dealkylation sites (tertiary alicyclic amines) is 1. The molecule has 1 aromatic rings. The van der Waals surface area contributed by atoms with E-state index < -0.39 is 58.7 Å². The number of benzene rings is 1. The standard InChI is InChI=1S/C34H46ClN5O8/c1-5-7-24(27(41)30(43)36-22-10-11-22)37-29(42)26-18-34(17-25(39-48-34)20-8-6-9-21(35)16-20)19-40(26)31(44)28(33(2,3)4)38-32(45)47-23-12-14-46-15-13-23/h6,8-9,16,22-24,26,28H,5,7,10-15,17-19H2,1-4H3,(H,36,43)(H,37,42)(H,38,45)/t24-,26-,28+,34+/m0/s1. The fourth-order valence-corrected chi connectivity index (χ4v) is 6.52. The van der Waals surface area contributed by atoms with Gasteiger partial charge in [-0.15, -0.1) is 0 Å². The Bertz CT molecular complexity index is 1440. The molecule has 3 fully saturated rings. The first kappa shape index (κ1) is 35.6. The minimum atomic E-state index is -1.08. The molecule has 3 N–H and O–H groups in total. The number of Topliss-reactive ketones (excluding diaryl/α,β-unsaturated/α-hetero) is 1. The summed E-state index contributed by atoms with van der Waals surface area (Å²) in [6, 6.07) is 3.94. The van der Waals surface area contributed by atoms with Crippen LogP contribution in [0.2, 0.25) is 5.02 Å². The second-order valence-electron chi connectivity index (χ2n) is 14.3. The molecular weight excluding hydrogens is 642 g/mol. The lowest BCUT2D eigenvalue weighted by Crippen LogP contribution is -2.59. The molecule has 14 heteroatoms. The molecule has 4 atom stereocenters. The summed E-state index contributed by atoms with van der Waals surface area (Å²) in [4.78, 5) is 74.8. The molecule has 1 spiro atoms. The van der Waals surface area contributed by atoms with E-state index in [4.69, 9.17) is 25.9 Å². The van der Waals surface area contributed by atoms with Gasteiger partial charge < -0.3 is 35.2 Å². The molecule has 262 valence electrons. The first-order valence-corrected chi connectivity index (χ1v) is 17.2. The zero-order valence-corrected chi connectivity index (χ0v) is 28.8. The molecule has 0 radical (unpaired) electrons. The number of oxime groups is 1. The first-order chi connectivity index (χ1) is 22.8. The maximum Gasteiger partial charge on any atom is 0.408 e. The Hall–Kier alpha value is -3.71. The van der Waals surface area contributed by atoms with Gasteiger partial charge >= 0.3 is 6.09 Å². The third-order valence-corrected chi connectivity index (χ3v) is 9.38. The molecule has 0 aromatic heterocycles. The highest BCUT2D eigenvalue weighted by molar-refractivity contribution is 6.38. The lowest BCUT2D eigenvalue weighted by Gasteiger charge is -2.35. The number of carbonyl (C=O) groups excluding carboxylic acids is 5. The van der Waals surface area contributed by atoms with Crippen molar-refractivity contribution in [1.82, 2.24) is 20.9 Å². The fourth-order valence-electron chi connectivity index (χ4n) is 6.33. The number of ketones is 1. The molecular formula is C34H46ClN5O8. The summed E-state index contributed by atoms with van der Waals surface area (Å²) in [6.45, 7) is 8.25. The highest BCUT2D eigenvalue weighted by Crippen LogP contribution is 2.40. The highest BCUT2D eigenvalue weighted by atomic mass is 35.5. The van der Waals surface area contributed by atoms with Crippen LogP contribution in [0.4, 0.5) is 4.79 Å². The highest BCUT2D eigenvalue weighted by Gasteiger charge is 2.56. The quantitative estimate of drug-likeness (QED) is 0.299. The van der Waals surface area contributed by atoms with Gasteiger partial charge in [-0.1, -0.05) is 63.0 Å². The second-order valence-corrected chi connectivity index (χ2v) is 14.7. The van der Waals surface area contributed by atoms with E-state index in [2.05, 4.69) is 21.1 Å². The number of halogens is 1. The van der Waals surface area contributed by atoms with E-state index in [1.165, 1.54) is 4.90 Å². The number of carbonyl (C=O) groups is 5. The van der Waals surface area contributed by atoms with Crippen molar-refractivity contribution in [2.24, 2.45) is 10.6 Å².